The number of methoxy groups -OCH3 is 1. The van der Waals surface area contributed by atoms with E-state index >= 15 is 0 Å². The van der Waals surface area contributed by atoms with E-state index in [0.717, 1.165) is 32.1 Å². The molecule has 6 rings (SSSR count). The van der Waals surface area contributed by atoms with Crippen LogP contribution in [0, 0.1) is 34.0 Å². The molecule has 25 heavy (non-hydrogen) atoms. The van der Waals surface area contributed by atoms with Crippen molar-refractivity contribution in [2.45, 2.75) is 58.2 Å². The number of ether oxygens (including phenoxy) is 2. The summed E-state index contributed by atoms with van der Waals surface area (Å²) in [7, 11) is 1.72. The van der Waals surface area contributed by atoms with Crippen LogP contribution in [0.3, 0.4) is 0 Å². The van der Waals surface area contributed by atoms with E-state index in [1.807, 2.05) is 0 Å². The number of Topliss-reactive ketones (excluding diaryl/α,β-unsaturated/α-hetero) is 2. The van der Waals surface area contributed by atoms with Gasteiger partial charge in [-0.25, -0.2) is 0 Å². The molecule has 1 saturated heterocycles. The number of carbonyl (C=O) groups excluding carboxylic acids is 2. The van der Waals surface area contributed by atoms with Gasteiger partial charge in [-0.2, -0.15) is 0 Å². The first-order chi connectivity index (χ1) is 11.9. The summed E-state index contributed by atoms with van der Waals surface area (Å²) in [6.07, 6.45) is 6.03. The molecule has 1 heterocycles. The lowest BCUT2D eigenvalue weighted by Gasteiger charge is -2.70. The number of hydrogen-bond donors (Lipinski definition) is 0. The van der Waals surface area contributed by atoms with Gasteiger partial charge in [-0.15, -0.1) is 0 Å². The van der Waals surface area contributed by atoms with Crippen molar-refractivity contribution in [3.05, 3.63) is 12.2 Å². The highest BCUT2D eigenvalue weighted by Crippen LogP contribution is 2.72. The largest absolute Gasteiger partial charge is 0.355 e. The maximum atomic E-state index is 13.4. The van der Waals surface area contributed by atoms with Crippen LogP contribution in [0.25, 0.3) is 0 Å². The molecule has 4 nitrogen and oxygen atoms in total. The van der Waals surface area contributed by atoms with Crippen LogP contribution in [0.1, 0.15) is 51.9 Å². The zero-order chi connectivity index (χ0) is 17.6. The van der Waals surface area contributed by atoms with Gasteiger partial charge in [0, 0.05) is 18.9 Å². The SMILES string of the molecule is C=C1C(=O)[C@]23CC[C@H]1CC2[C@@]12CCC[C@@](C)(COC1OC)C2CC3=O. The Morgan fingerprint density at radius 3 is 2.76 bits per heavy atom. The monoisotopic (exact) mass is 344 g/mol. The van der Waals surface area contributed by atoms with Gasteiger partial charge in [0.1, 0.15) is 5.78 Å². The first-order valence-electron chi connectivity index (χ1n) is 9.81. The first kappa shape index (κ1) is 16.2. The number of hydrogen-bond acceptors (Lipinski definition) is 4. The molecule has 3 unspecified atom stereocenters. The fourth-order valence-corrected chi connectivity index (χ4v) is 7.72. The van der Waals surface area contributed by atoms with E-state index in [4.69, 9.17) is 9.47 Å². The molecule has 4 bridgehead atoms. The molecule has 0 aromatic heterocycles. The molecular formula is C21H28O4. The van der Waals surface area contributed by atoms with E-state index in [9.17, 15) is 9.59 Å². The lowest BCUT2D eigenvalue weighted by molar-refractivity contribution is -0.329. The fraction of sp³-hybridized carbons (Fsp3) is 0.810. The zero-order valence-corrected chi connectivity index (χ0v) is 15.3. The third kappa shape index (κ3) is 1.63. The normalized spacial score (nSPS) is 54.2. The fourth-order valence-electron chi connectivity index (χ4n) is 7.72. The van der Waals surface area contributed by atoms with Gasteiger partial charge >= 0.3 is 0 Å². The maximum absolute atomic E-state index is 13.4. The summed E-state index contributed by atoms with van der Waals surface area (Å²) in [5.74, 6) is 0.814. The zero-order valence-electron chi connectivity index (χ0n) is 15.3. The molecule has 0 radical (unpaired) electrons. The van der Waals surface area contributed by atoms with E-state index in [-0.39, 0.29) is 46.4 Å². The number of fused-ring (bicyclic) bond motifs is 2. The minimum Gasteiger partial charge on any atom is -0.355 e. The van der Waals surface area contributed by atoms with Crippen LogP contribution < -0.4 is 0 Å². The predicted octanol–water partition coefficient (Wildman–Crippen LogP) is 3.30. The van der Waals surface area contributed by atoms with E-state index in [0.29, 0.717) is 25.0 Å². The van der Waals surface area contributed by atoms with Crippen molar-refractivity contribution in [3.8, 4) is 0 Å². The van der Waals surface area contributed by atoms with Gasteiger partial charge in [0.05, 0.1) is 12.0 Å². The Morgan fingerprint density at radius 2 is 2.00 bits per heavy atom. The highest BCUT2D eigenvalue weighted by molar-refractivity contribution is 6.16. The Hall–Kier alpha value is -1.00. The van der Waals surface area contributed by atoms with Gasteiger partial charge in [0.2, 0.25) is 0 Å². The van der Waals surface area contributed by atoms with Gasteiger partial charge in [0.25, 0.3) is 0 Å². The Bertz CT molecular complexity index is 683. The molecule has 4 heteroatoms. The molecule has 0 N–H and O–H groups in total. The summed E-state index contributed by atoms with van der Waals surface area (Å²) in [5.41, 5.74) is -0.294. The summed E-state index contributed by atoms with van der Waals surface area (Å²) in [6.45, 7) is 7.01. The highest BCUT2D eigenvalue weighted by atomic mass is 16.7. The van der Waals surface area contributed by atoms with Crippen LogP contribution in [-0.2, 0) is 19.1 Å². The second-order valence-electron chi connectivity index (χ2n) is 9.53. The maximum Gasteiger partial charge on any atom is 0.172 e. The quantitative estimate of drug-likeness (QED) is 0.541. The first-order valence-corrected chi connectivity index (χ1v) is 9.81. The molecule has 6 fully saturated rings. The van der Waals surface area contributed by atoms with Crippen LogP contribution in [0.4, 0.5) is 0 Å². The molecule has 0 aromatic rings. The number of rotatable bonds is 1. The lowest BCUT2D eigenvalue weighted by atomic mass is 9.35. The summed E-state index contributed by atoms with van der Waals surface area (Å²) >= 11 is 0. The molecule has 1 aliphatic heterocycles. The Kier molecular flexibility index (Phi) is 3.13. The average Bonchev–Trinajstić information content (AvgIpc) is 2.60. The Balaban J connectivity index is 1.72. The van der Waals surface area contributed by atoms with Crippen molar-refractivity contribution in [2.75, 3.05) is 13.7 Å². The predicted molar refractivity (Wildman–Crippen MR) is 91.7 cm³/mol. The van der Waals surface area contributed by atoms with E-state index in [1.165, 1.54) is 0 Å². The van der Waals surface area contributed by atoms with Gasteiger partial charge in [0.15, 0.2) is 12.1 Å². The van der Waals surface area contributed by atoms with Crippen molar-refractivity contribution >= 4 is 11.6 Å². The van der Waals surface area contributed by atoms with Crippen molar-refractivity contribution in [1.82, 2.24) is 0 Å². The summed E-state index contributed by atoms with van der Waals surface area (Å²) in [4.78, 5) is 26.7. The second kappa shape index (κ2) is 4.83. The number of allylic oxidation sites excluding steroid dienone is 1. The van der Waals surface area contributed by atoms with Crippen molar-refractivity contribution in [3.63, 3.8) is 0 Å². The number of ketones is 2. The van der Waals surface area contributed by atoms with Gasteiger partial charge in [-0.05, 0) is 60.8 Å². The summed E-state index contributed by atoms with van der Waals surface area (Å²) in [5, 5.41) is 0. The molecule has 5 aliphatic carbocycles. The van der Waals surface area contributed by atoms with E-state index in [1.54, 1.807) is 7.11 Å². The van der Waals surface area contributed by atoms with Crippen LogP contribution in [0.5, 0.6) is 0 Å². The van der Waals surface area contributed by atoms with Gasteiger partial charge in [-0.1, -0.05) is 19.9 Å². The lowest BCUT2D eigenvalue weighted by Crippen LogP contribution is -2.73. The molecule has 136 valence electrons. The average molecular weight is 344 g/mol. The van der Waals surface area contributed by atoms with E-state index < -0.39 is 5.41 Å². The molecule has 0 amide bonds. The van der Waals surface area contributed by atoms with Crippen molar-refractivity contribution < 1.29 is 19.1 Å². The minimum atomic E-state index is -0.835. The molecule has 6 aliphatic rings. The summed E-state index contributed by atoms with van der Waals surface area (Å²) in [6, 6.07) is 0. The van der Waals surface area contributed by atoms with Crippen LogP contribution in [0.2, 0.25) is 0 Å². The number of carbonyl (C=O) groups is 2. The minimum absolute atomic E-state index is 0.0291. The van der Waals surface area contributed by atoms with Crippen LogP contribution in [0.15, 0.2) is 12.2 Å². The van der Waals surface area contributed by atoms with E-state index in [2.05, 4.69) is 13.5 Å². The Labute approximate surface area is 149 Å². The van der Waals surface area contributed by atoms with Gasteiger partial charge in [-0.3, -0.25) is 9.59 Å². The smallest absolute Gasteiger partial charge is 0.172 e. The van der Waals surface area contributed by atoms with Gasteiger partial charge < -0.3 is 9.47 Å². The third-order valence-electron chi connectivity index (χ3n) is 8.79. The summed E-state index contributed by atoms with van der Waals surface area (Å²) < 4.78 is 12.1. The molecule has 1 spiro atoms. The molecule has 5 saturated carbocycles. The highest BCUT2D eigenvalue weighted by Gasteiger charge is 2.75. The third-order valence-corrected chi connectivity index (χ3v) is 8.79. The van der Waals surface area contributed by atoms with Crippen molar-refractivity contribution in [1.29, 1.82) is 0 Å². The topological polar surface area (TPSA) is 52.6 Å². The second-order valence-corrected chi connectivity index (χ2v) is 9.53. The van der Waals surface area contributed by atoms with Crippen molar-refractivity contribution in [2.24, 2.45) is 34.0 Å². The molecule has 0 aromatic carbocycles. The molecule has 7 atom stereocenters. The van der Waals surface area contributed by atoms with Crippen LogP contribution >= 0.6 is 0 Å². The Morgan fingerprint density at radius 1 is 1.20 bits per heavy atom. The molecular weight excluding hydrogens is 316 g/mol. The van der Waals surface area contributed by atoms with Crippen LogP contribution in [-0.4, -0.2) is 31.6 Å². The standard InChI is InChI=1S/C21H28O4/c1-12-13-5-8-21(17(12)23)15(9-13)20-7-4-6-19(2,11-25-18(20)24-3)14(20)10-16(21)22/h13-15,18H,1,4-11H2,2-3H3/t13-,14?,15?,18?,19-,20-,21+/m0/s1.